The van der Waals surface area contributed by atoms with Crippen LogP contribution in [0.3, 0.4) is 0 Å². The Kier molecular flexibility index (Phi) is 5.55. The first-order valence-electron chi connectivity index (χ1n) is 6.41. The zero-order valence-corrected chi connectivity index (χ0v) is 13.6. The summed E-state index contributed by atoms with van der Waals surface area (Å²) in [4.78, 5) is 12.0. The molecule has 1 fully saturated rings. The van der Waals surface area contributed by atoms with Crippen molar-refractivity contribution >= 4 is 45.0 Å². The Bertz CT molecular complexity index is 467. The van der Waals surface area contributed by atoms with Crippen molar-refractivity contribution in [1.29, 1.82) is 0 Å². The van der Waals surface area contributed by atoms with E-state index >= 15 is 0 Å². The van der Waals surface area contributed by atoms with Crippen molar-refractivity contribution in [3.05, 3.63) is 33.3 Å². The third-order valence-corrected chi connectivity index (χ3v) is 5.35. The summed E-state index contributed by atoms with van der Waals surface area (Å²) < 4.78 is 0.795. The van der Waals surface area contributed by atoms with Crippen molar-refractivity contribution < 1.29 is 4.79 Å². The minimum Gasteiger partial charge on any atom is -0.352 e. The lowest BCUT2D eigenvalue weighted by Gasteiger charge is -2.17. The van der Waals surface area contributed by atoms with E-state index in [1.807, 2.05) is 0 Å². The number of hydrogen-bond donors (Lipinski definition) is 1. The van der Waals surface area contributed by atoms with Gasteiger partial charge in [0.25, 0.3) is 5.91 Å². The number of carbonyl (C=O) groups is 1. The normalized spacial score (nSPS) is 22.5. The Morgan fingerprint density at radius 1 is 1.37 bits per heavy atom. The lowest BCUT2D eigenvalue weighted by molar-refractivity contribution is 0.0944. The Balaban J connectivity index is 1.92. The van der Waals surface area contributed by atoms with Gasteiger partial charge >= 0.3 is 0 Å². The molecule has 1 amide bonds. The van der Waals surface area contributed by atoms with Gasteiger partial charge in [-0.05, 0) is 58.8 Å². The average Bonchev–Trinajstić information content (AvgIpc) is 2.86. The molecule has 2 rings (SSSR count). The van der Waals surface area contributed by atoms with E-state index in [4.69, 9.17) is 23.2 Å². The van der Waals surface area contributed by atoms with Gasteiger partial charge in [-0.25, -0.2) is 0 Å². The maximum absolute atomic E-state index is 12.0. The predicted molar refractivity (Wildman–Crippen MR) is 83.0 cm³/mol. The highest BCUT2D eigenvalue weighted by Gasteiger charge is 2.26. The molecule has 1 saturated carbocycles. The second kappa shape index (κ2) is 6.96. The molecule has 1 aromatic rings. The quantitative estimate of drug-likeness (QED) is 0.783. The molecule has 0 heterocycles. The Labute approximate surface area is 132 Å². The first kappa shape index (κ1) is 15.1. The van der Waals surface area contributed by atoms with Crippen LogP contribution in [0.1, 0.15) is 29.6 Å². The number of halogens is 3. The third kappa shape index (κ3) is 3.87. The van der Waals surface area contributed by atoms with E-state index < -0.39 is 0 Å². The standard InChI is InChI=1S/C14H16BrCl2NO/c15-12-5-4-9(6-13(12)17)14(19)18-8-11-3-1-2-10(11)7-16/h4-6,10-11H,1-3,7-8H2,(H,18,19). The summed E-state index contributed by atoms with van der Waals surface area (Å²) in [6.45, 7) is 0.698. The average molecular weight is 365 g/mol. The van der Waals surface area contributed by atoms with Crippen molar-refractivity contribution in [2.75, 3.05) is 12.4 Å². The van der Waals surface area contributed by atoms with Crippen LogP contribution in [-0.2, 0) is 0 Å². The van der Waals surface area contributed by atoms with E-state index in [1.165, 1.54) is 12.8 Å². The van der Waals surface area contributed by atoms with Crippen LogP contribution in [0.25, 0.3) is 0 Å². The first-order valence-corrected chi connectivity index (χ1v) is 8.11. The van der Waals surface area contributed by atoms with Crippen molar-refractivity contribution in [2.45, 2.75) is 19.3 Å². The Hall–Kier alpha value is -0.250. The molecule has 0 bridgehead atoms. The summed E-state index contributed by atoms with van der Waals surface area (Å²) in [7, 11) is 0. The van der Waals surface area contributed by atoms with Crippen LogP contribution < -0.4 is 5.32 Å². The molecule has 0 radical (unpaired) electrons. The molecule has 0 aliphatic heterocycles. The Morgan fingerprint density at radius 2 is 2.11 bits per heavy atom. The van der Waals surface area contributed by atoms with Gasteiger partial charge in [-0.15, -0.1) is 11.6 Å². The van der Waals surface area contributed by atoms with Crippen LogP contribution >= 0.6 is 39.1 Å². The summed E-state index contributed by atoms with van der Waals surface area (Å²) in [5.74, 6) is 1.66. The van der Waals surface area contributed by atoms with Gasteiger partial charge in [0.1, 0.15) is 0 Å². The smallest absolute Gasteiger partial charge is 0.251 e. The number of rotatable bonds is 4. The molecule has 0 saturated heterocycles. The van der Waals surface area contributed by atoms with Crippen molar-refractivity contribution in [3.8, 4) is 0 Å². The van der Waals surface area contributed by atoms with Gasteiger partial charge in [0.15, 0.2) is 0 Å². The molecule has 1 aliphatic rings. The molecular weight excluding hydrogens is 349 g/mol. The number of benzene rings is 1. The summed E-state index contributed by atoms with van der Waals surface area (Å²) in [6.07, 6.45) is 3.54. The van der Waals surface area contributed by atoms with Gasteiger partial charge in [0.2, 0.25) is 0 Å². The molecule has 1 N–H and O–H groups in total. The molecule has 104 valence electrons. The number of hydrogen-bond acceptors (Lipinski definition) is 1. The third-order valence-electron chi connectivity index (χ3n) is 3.72. The molecule has 2 nitrogen and oxygen atoms in total. The monoisotopic (exact) mass is 363 g/mol. The van der Waals surface area contributed by atoms with Crippen LogP contribution in [-0.4, -0.2) is 18.3 Å². The van der Waals surface area contributed by atoms with Gasteiger partial charge in [0.05, 0.1) is 5.02 Å². The highest BCUT2D eigenvalue weighted by molar-refractivity contribution is 9.10. The van der Waals surface area contributed by atoms with E-state index in [-0.39, 0.29) is 5.91 Å². The zero-order valence-electron chi connectivity index (χ0n) is 10.5. The maximum atomic E-state index is 12.0. The summed E-state index contributed by atoms with van der Waals surface area (Å²) in [5, 5.41) is 3.53. The minimum absolute atomic E-state index is 0.0744. The predicted octanol–water partition coefficient (Wildman–Crippen LogP) is 4.49. The largest absolute Gasteiger partial charge is 0.352 e. The topological polar surface area (TPSA) is 29.1 Å². The van der Waals surface area contributed by atoms with Crippen molar-refractivity contribution in [3.63, 3.8) is 0 Å². The number of nitrogens with one attached hydrogen (secondary N) is 1. The van der Waals surface area contributed by atoms with Gasteiger partial charge in [0, 0.05) is 22.5 Å². The second-order valence-electron chi connectivity index (χ2n) is 4.94. The van der Waals surface area contributed by atoms with Gasteiger partial charge in [-0.1, -0.05) is 18.0 Å². The van der Waals surface area contributed by atoms with Crippen LogP contribution in [0.5, 0.6) is 0 Å². The van der Waals surface area contributed by atoms with Gasteiger partial charge in [-0.3, -0.25) is 4.79 Å². The van der Waals surface area contributed by atoms with Crippen LogP contribution in [0, 0.1) is 11.8 Å². The van der Waals surface area contributed by atoms with Crippen LogP contribution in [0.2, 0.25) is 5.02 Å². The highest BCUT2D eigenvalue weighted by Crippen LogP contribution is 2.32. The molecule has 5 heteroatoms. The summed E-state index contributed by atoms with van der Waals surface area (Å²) >= 11 is 15.2. The minimum atomic E-state index is -0.0744. The van der Waals surface area contributed by atoms with E-state index in [0.717, 1.165) is 10.9 Å². The van der Waals surface area contributed by atoms with E-state index in [9.17, 15) is 4.79 Å². The number of amides is 1. The fourth-order valence-electron chi connectivity index (χ4n) is 2.55. The molecule has 1 aromatic carbocycles. The molecule has 0 spiro atoms. The molecule has 1 aliphatic carbocycles. The fraction of sp³-hybridized carbons (Fsp3) is 0.500. The molecule has 0 aromatic heterocycles. The lowest BCUT2D eigenvalue weighted by atomic mass is 9.98. The van der Waals surface area contributed by atoms with E-state index in [2.05, 4.69) is 21.2 Å². The van der Waals surface area contributed by atoms with Crippen LogP contribution in [0.15, 0.2) is 22.7 Å². The number of carbonyl (C=O) groups excluding carboxylic acids is 1. The SMILES string of the molecule is O=C(NCC1CCCC1CCl)c1ccc(Br)c(Cl)c1. The maximum Gasteiger partial charge on any atom is 0.251 e. The zero-order chi connectivity index (χ0) is 13.8. The lowest BCUT2D eigenvalue weighted by Crippen LogP contribution is -2.31. The van der Waals surface area contributed by atoms with Gasteiger partial charge in [-0.2, -0.15) is 0 Å². The Morgan fingerprint density at radius 3 is 2.79 bits per heavy atom. The second-order valence-corrected chi connectivity index (χ2v) is 6.51. The molecular formula is C14H16BrCl2NO. The molecule has 2 unspecified atom stereocenters. The fourth-order valence-corrected chi connectivity index (χ4v) is 3.38. The first-order chi connectivity index (χ1) is 9.11. The number of alkyl halides is 1. The van der Waals surface area contributed by atoms with Crippen molar-refractivity contribution in [2.24, 2.45) is 11.8 Å². The van der Waals surface area contributed by atoms with E-state index in [1.54, 1.807) is 18.2 Å². The summed E-state index contributed by atoms with van der Waals surface area (Å²) in [6, 6.07) is 5.22. The molecule has 19 heavy (non-hydrogen) atoms. The van der Waals surface area contributed by atoms with Crippen molar-refractivity contribution in [1.82, 2.24) is 5.32 Å². The molecule has 2 atom stereocenters. The highest BCUT2D eigenvalue weighted by atomic mass is 79.9. The van der Waals surface area contributed by atoms with Crippen LogP contribution in [0.4, 0.5) is 0 Å². The van der Waals surface area contributed by atoms with E-state index in [0.29, 0.717) is 34.8 Å². The van der Waals surface area contributed by atoms with Gasteiger partial charge < -0.3 is 5.32 Å². The summed E-state index contributed by atoms with van der Waals surface area (Å²) in [5.41, 5.74) is 0.591.